The summed E-state index contributed by atoms with van der Waals surface area (Å²) in [5.41, 5.74) is 0.741. The van der Waals surface area contributed by atoms with Crippen LogP contribution < -0.4 is 0 Å². The average Bonchev–Trinajstić information content (AvgIpc) is 2.24. The first-order valence-electron chi connectivity index (χ1n) is 4.50. The van der Waals surface area contributed by atoms with Gasteiger partial charge in [-0.2, -0.15) is 0 Å². The summed E-state index contributed by atoms with van der Waals surface area (Å²) in [6.07, 6.45) is 2.45. The van der Waals surface area contributed by atoms with Gasteiger partial charge in [0.1, 0.15) is 0 Å². The van der Waals surface area contributed by atoms with Crippen molar-refractivity contribution >= 4 is 11.9 Å². The normalized spacial score (nSPS) is 9.53. The summed E-state index contributed by atoms with van der Waals surface area (Å²) in [7, 11) is 2.46. The molecule has 0 N–H and O–H groups in total. The van der Waals surface area contributed by atoms with Gasteiger partial charge in [0, 0.05) is 0 Å². The molecule has 0 aromatic heterocycles. The lowest BCUT2D eigenvalue weighted by Gasteiger charge is -2.12. The Kier molecular flexibility index (Phi) is 6.09. The SMILES string of the molecule is C=CCC(=C)CC(C(=O)OC)C(=O)OC. The Balaban J connectivity index is 4.50. The molecule has 0 atom stereocenters. The van der Waals surface area contributed by atoms with Crippen LogP contribution in [0, 0.1) is 5.92 Å². The van der Waals surface area contributed by atoms with Crippen molar-refractivity contribution in [3.63, 3.8) is 0 Å². The molecule has 0 aromatic rings. The van der Waals surface area contributed by atoms with Crippen molar-refractivity contribution in [1.29, 1.82) is 0 Å². The number of rotatable bonds is 6. The molecule has 4 nitrogen and oxygen atoms in total. The Bertz CT molecular complexity index is 252. The van der Waals surface area contributed by atoms with Crippen molar-refractivity contribution in [2.24, 2.45) is 5.92 Å². The van der Waals surface area contributed by atoms with E-state index in [9.17, 15) is 9.59 Å². The monoisotopic (exact) mass is 212 g/mol. The molecule has 0 spiro atoms. The first-order chi connectivity index (χ1) is 7.06. The van der Waals surface area contributed by atoms with E-state index in [4.69, 9.17) is 0 Å². The molecule has 0 aliphatic rings. The molecule has 4 heteroatoms. The third kappa shape index (κ3) is 4.44. The van der Waals surface area contributed by atoms with Crippen LogP contribution in [-0.2, 0) is 19.1 Å². The Labute approximate surface area is 89.6 Å². The van der Waals surface area contributed by atoms with E-state index in [1.165, 1.54) is 14.2 Å². The topological polar surface area (TPSA) is 52.6 Å². The molecule has 0 fully saturated rings. The van der Waals surface area contributed by atoms with Crippen LogP contribution in [0.5, 0.6) is 0 Å². The van der Waals surface area contributed by atoms with Crippen molar-refractivity contribution in [3.8, 4) is 0 Å². The summed E-state index contributed by atoms with van der Waals surface area (Å²) >= 11 is 0. The maximum absolute atomic E-state index is 11.3. The Morgan fingerprint density at radius 3 is 2.07 bits per heavy atom. The lowest BCUT2D eigenvalue weighted by Crippen LogP contribution is -2.26. The summed E-state index contributed by atoms with van der Waals surface area (Å²) in [5, 5.41) is 0. The number of carbonyl (C=O) groups is 2. The van der Waals surface area contributed by atoms with Crippen LogP contribution in [0.15, 0.2) is 24.8 Å². The van der Waals surface area contributed by atoms with Crippen LogP contribution in [0.1, 0.15) is 12.8 Å². The zero-order valence-corrected chi connectivity index (χ0v) is 9.12. The quantitative estimate of drug-likeness (QED) is 0.380. The van der Waals surface area contributed by atoms with Gasteiger partial charge >= 0.3 is 11.9 Å². The number of hydrogen-bond donors (Lipinski definition) is 0. The molecule has 0 aliphatic carbocycles. The number of ether oxygens (including phenoxy) is 2. The van der Waals surface area contributed by atoms with Gasteiger partial charge in [-0.05, 0) is 12.8 Å². The van der Waals surface area contributed by atoms with Crippen LogP contribution in [0.3, 0.4) is 0 Å². The molecule has 0 heterocycles. The van der Waals surface area contributed by atoms with Gasteiger partial charge in [0.05, 0.1) is 14.2 Å². The predicted molar refractivity (Wildman–Crippen MR) is 56.1 cm³/mol. The molecule has 84 valence electrons. The zero-order valence-electron chi connectivity index (χ0n) is 9.12. The first kappa shape index (κ1) is 13.4. The van der Waals surface area contributed by atoms with Crippen molar-refractivity contribution in [1.82, 2.24) is 0 Å². The molecule has 0 unspecified atom stereocenters. The van der Waals surface area contributed by atoms with Crippen LogP contribution >= 0.6 is 0 Å². The summed E-state index contributed by atoms with van der Waals surface area (Å²) in [6.45, 7) is 7.28. The lowest BCUT2D eigenvalue weighted by molar-refractivity contribution is -0.158. The summed E-state index contributed by atoms with van der Waals surface area (Å²) in [5.74, 6) is -2.13. The van der Waals surface area contributed by atoms with E-state index in [-0.39, 0.29) is 6.42 Å². The van der Waals surface area contributed by atoms with Gasteiger partial charge < -0.3 is 9.47 Å². The largest absolute Gasteiger partial charge is 0.468 e. The van der Waals surface area contributed by atoms with Gasteiger partial charge in [-0.25, -0.2) is 0 Å². The molecular formula is C11H16O4. The maximum atomic E-state index is 11.3. The molecular weight excluding hydrogens is 196 g/mol. The summed E-state index contributed by atoms with van der Waals surface area (Å²) in [4.78, 5) is 22.5. The maximum Gasteiger partial charge on any atom is 0.320 e. The minimum Gasteiger partial charge on any atom is -0.468 e. The van der Waals surface area contributed by atoms with E-state index in [2.05, 4.69) is 22.6 Å². The van der Waals surface area contributed by atoms with E-state index in [1.807, 2.05) is 0 Å². The van der Waals surface area contributed by atoms with E-state index in [1.54, 1.807) is 6.08 Å². The highest BCUT2D eigenvalue weighted by molar-refractivity contribution is 5.95. The number of esters is 2. The Morgan fingerprint density at radius 2 is 1.73 bits per heavy atom. The van der Waals surface area contributed by atoms with Crippen LogP contribution in [0.25, 0.3) is 0 Å². The Hall–Kier alpha value is -1.58. The fourth-order valence-electron chi connectivity index (χ4n) is 1.12. The van der Waals surface area contributed by atoms with Crippen LogP contribution in [0.4, 0.5) is 0 Å². The van der Waals surface area contributed by atoms with Crippen molar-refractivity contribution in [3.05, 3.63) is 24.8 Å². The molecule has 0 bridgehead atoms. The molecule has 0 saturated carbocycles. The highest BCUT2D eigenvalue weighted by Crippen LogP contribution is 2.16. The number of allylic oxidation sites excluding steroid dienone is 2. The summed E-state index contributed by atoms with van der Waals surface area (Å²) in [6, 6.07) is 0. The van der Waals surface area contributed by atoms with Crippen molar-refractivity contribution in [2.75, 3.05) is 14.2 Å². The Morgan fingerprint density at radius 1 is 1.27 bits per heavy atom. The zero-order chi connectivity index (χ0) is 11.8. The van der Waals surface area contributed by atoms with Gasteiger partial charge in [-0.1, -0.05) is 18.2 Å². The van der Waals surface area contributed by atoms with Crippen LogP contribution in [-0.4, -0.2) is 26.2 Å². The lowest BCUT2D eigenvalue weighted by atomic mass is 9.98. The fraction of sp³-hybridized carbons (Fsp3) is 0.455. The average molecular weight is 212 g/mol. The third-order valence-corrected chi connectivity index (χ3v) is 1.90. The molecule has 0 aliphatic heterocycles. The second kappa shape index (κ2) is 6.81. The molecule has 0 rings (SSSR count). The predicted octanol–water partition coefficient (Wildman–Crippen LogP) is 1.47. The van der Waals surface area contributed by atoms with E-state index < -0.39 is 17.9 Å². The number of methoxy groups -OCH3 is 2. The van der Waals surface area contributed by atoms with Gasteiger partial charge in [0.25, 0.3) is 0 Å². The highest BCUT2D eigenvalue weighted by Gasteiger charge is 2.28. The minimum atomic E-state index is -0.924. The molecule has 0 aromatic carbocycles. The number of hydrogen-bond acceptors (Lipinski definition) is 4. The molecule has 15 heavy (non-hydrogen) atoms. The molecule has 0 radical (unpaired) electrons. The molecule has 0 amide bonds. The smallest absolute Gasteiger partial charge is 0.320 e. The standard InChI is InChI=1S/C11H16O4/c1-5-6-8(2)7-9(10(12)14-3)11(13)15-4/h5,9H,1-2,6-7H2,3-4H3. The number of carbonyl (C=O) groups excluding carboxylic acids is 2. The van der Waals surface area contributed by atoms with Crippen molar-refractivity contribution in [2.45, 2.75) is 12.8 Å². The second-order valence-corrected chi connectivity index (χ2v) is 3.05. The fourth-order valence-corrected chi connectivity index (χ4v) is 1.12. The van der Waals surface area contributed by atoms with E-state index in [0.717, 1.165) is 5.57 Å². The second-order valence-electron chi connectivity index (χ2n) is 3.05. The minimum absolute atomic E-state index is 0.228. The molecule has 0 saturated heterocycles. The first-order valence-corrected chi connectivity index (χ1v) is 4.50. The summed E-state index contributed by atoms with van der Waals surface area (Å²) < 4.78 is 9.02. The highest BCUT2D eigenvalue weighted by atomic mass is 16.5. The third-order valence-electron chi connectivity index (χ3n) is 1.90. The van der Waals surface area contributed by atoms with Gasteiger partial charge in [-0.3, -0.25) is 9.59 Å². The van der Waals surface area contributed by atoms with Crippen molar-refractivity contribution < 1.29 is 19.1 Å². The van der Waals surface area contributed by atoms with Gasteiger partial charge in [-0.15, -0.1) is 6.58 Å². The van der Waals surface area contributed by atoms with E-state index in [0.29, 0.717) is 6.42 Å². The van der Waals surface area contributed by atoms with E-state index >= 15 is 0 Å². The van der Waals surface area contributed by atoms with Gasteiger partial charge in [0.15, 0.2) is 5.92 Å². The van der Waals surface area contributed by atoms with Gasteiger partial charge in [0.2, 0.25) is 0 Å². The van der Waals surface area contributed by atoms with Crippen LogP contribution in [0.2, 0.25) is 0 Å².